The molecule has 0 aromatic carbocycles. The van der Waals surface area contributed by atoms with Crippen LogP contribution < -0.4 is 5.73 Å². The first-order valence-corrected chi connectivity index (χ1v) is 5.11. The summed E-state index contributed by atoms with van der Waals surface area (Å²) in [7, 11) is 0. The van der Waals surface area contributed by atoms with Crippen LogP contribution in [0.2, 0.25) is 0 Å². The summed E-state index contributed by atoms with van der Waals surface area (Å²) in [5.41, 5.74) is 5.17. The third kappa shape index (κ3) is 4.52. The number of carboxylic acids is 4. The third-order valence-electron chi connectivity index (χ3n) is 2.22. The fourth-order valence-corrected chi connectivity index (χ4v) is 1.46. The Balaban J connectivity index is 5.48. The van der Waals surface area contributed by atoms with Gasteiger partial charge in [-0.2, -0.15) is 0 Å². The van der Waals surface area contributed by atoms with Crippen molar-refractivity contribution in [2.24, 2.45) is 5.73 Å². The number of hydrogen-bond acceptors (Lipinski definition) is 6. The van der Waals surface area contributed by atoms with Gasteiger partial charge in [0.1, 0.15) is 0 Å². The van der Waals surface area contributed by atoms with Crippen molar-refractivity contribution in [2.75, 3.05) is 13.1 Å². The van der Waals surface area contributed by atoms with Gasteiger partial charge in [0.25, 0.3) is 0 Å². The van der Waals surface area contributed by atoms with E-state index in [1.807, 2.05) is 0 Å². The van der Waals surface area contributed by atoms with E-state index in [4.69, 9.17) is 26.2 Å². The normalized spacial score (nSPS) is 10.9. The zero-order valence-corrected chi connectivity index (χ0v) is 9.72. The number of aliphatic carboxylic acids is 4. The molecule has 0 spiro atoms. The number of hydrogen-bond donors (Lipinski definition) is 5. The predicted molar refractivity (Wildman–Crippen MR) is 58.5 cm³/mol. The molecule has 0 rings (SSSR count). The van der Waals surface area contributed by atoms with Crippen molar-refractivity contribution in [1.82, 2.24) is 4.90 Å². The zero-order chi connectivity index (χ0) is 15.2. The summed E-state index contributed by atoms with van der Waals surface area (Å²) in [6.45, 7) is -0.364. The highest BCUT2D eigenvalue weighted by Crippen LogP contribution is 2.09. The Bertz CT molecular complexity index is 322. The van der Waals surface area contributed by atoms with Gasteiger partial charge >= 0.3 is 23.9 Å². The molecule has 10 heteroatoms. The molecule has 0 aromatic heterocycles. The maximum Gasteiger partial charge on any atom is 0.332 e. The van der Waals surface area contributed by atoms with E-state index in [9.17, 15) is 19.2 Å². The highest BCUT2D eigenvalue weighted by atomic mass is 16.4. The molecule has 0 amide bonds. The lowest BCUT2D eigenvalue weighted by Crippen LogP contribution is -2.57. The van der Waals surface area contributed by atoms with Crippen molar-refractivity contribution in [3.8, 4) is 0 Å². The molecule has 10 nitrogen and oxygen atoms in total. The van der Waals surface area contributed by atoms with Gasteiger partial charge in [-0.25, -0.2) is 19.2 Å². The molecule has 0 radical (unpaired) electrons. The second kappa shape index (κ2) is 7.28. The first-order valence-electron chi connectivity index (χ1n) is 5.11. The zero-order valence-electron chi connectivity index (χ0n) is 9.72. The average Bonchev–Trinajstić information content (AvgIpc) is 2.23. The Labute approximate surface area is 107 Å². The average molecular weight is 278 g/mol. The van der Waals surface area contributed by atoms with Gasteiger partial charge < -0.3 is 26.2 Å². The largest absolute Gasteiger partial charge is 0.480 e. The Morgan fingerprint density at radius 3 is 1.37 bits per heavy atom. The molecule has 0 saturated heterocycles. The highest BCUT2D eigenvalue weighted by Gasteiger charge is 2.43. The summed E-state index contributed by atoms with van der Waals surface area (Å²) in [5, 5.41) is 35.1. The lowest BCUT2D eigenvalue weighted by molar-refractivity contribution is -0.165. The van der Waals surface area contributed by atoms with Gasteiger partial charge in [-0.1, -0.05) is 0 Å². The Kier molecular flexibility index (Phi) is 6.44. The summed E-state index contributed by atoms with van der Waals surface area (Å²) < 4.78 is 0. The fourth-order valence-electron chi connectivity index (χ4n) is 1.46. The van der Waals surface area contributed by atoms with E-state index in [1.54, 1.807) is 0 Å². The number of rotatable bonds is 9. The van der Waals surface area contributed by atoms with Gasteiger partial charge in [0.05, 0.1) is 0 Å². The topological polar surface area (TPSA) is 178 Å². The lowest BCUT2D eigenvalue weighted by atomic mass is 10.1. The second-order valence-corrected chi connectivity index (χ2v) is 3.54. The quantitative estimate of drug-likeness (QED) is 0.288. The summed E-state index contributed by atoms with van der Waals surface area (Å²) in [6, 6.07) is -4.55. The molecule has 0 aliphatic rings. The maximum atomic E-state index is 10.9. The molecular formula is C9H14N2O8. The van der Waals surface area contributed by atoms with E-state index in [1.165, 1.54) is 0 Å². The molecule has 0 atom stereocenters. The SMILES string of the molecule is NCCCN(C(C(=O)O)C(=O)O)C(C(=O)O)C(=O)O. The van der Waals surface area contributed by atoms with Crippen LogP contribution in [-0.4, -0.2) is 74.4 Å². The minimum atomic E-state index is -2.27. The minimum absolute atomic E-state index is 0.0222. The van der Waals surface area contributed by atoms with Gasteiger partial charge in [-0.3, -0.25) is 4.90 Å². The summed E-state index contributed by atoms with van der Waals surface area (Å²) >= 11 is 0. The van der Waals surface area contributed by atoms with Crippen molar-refractivity contribution in [3.63, 3.8) is 0 Å². The minimum Gasteiger partial charge on any atom is -0.480 e. The van der Waals surface area contributed by atoms with Crippen LogP contribution in [0.4, 0.5) is 0 Å². The van der Waals surface area contributed by atoms with Crippen LogP contribution in [0.1, 0.15) is 6.42 Å². The summed E-state index contributed by atoms with van der Waals surface area (Å²) in [5.74, 6) is -7.40. The molecule has 6 N–H and O–H groups in total. The van der Waals surface area contributed by atoms with Crippen molar-refractivity contribution >= 4 is 23.9 Å². The first kappa shape index (κ1) is 16.8. The van der Waals surface area contributed by atoms with E-state index >= 15 is 0 Å². The van der Waals surface area contributed by atoms with Crippen molar-refractivity contribution < 1.29 is 39.6 Å². The lowest BCUT2D eigenvalue weighted by Gasteiger charge is -2.28. The van der Waals surface area contributed by atoms with Crippen LogP contribution in [0.25, 0.3) is 0 Å². The Hall–Kier alpha value is -2.20. The molecule has 108 valence electrons. The van der Waals surface area contributed by atoms with E-state index in [0.29, 0.717) is 4.90 Å². The monoisotopic (exact) mass is 278 g/mol. The van der Waals surface area contributed by atoms with Gasteiger partial charge in [-0.05, 0) is 13.0 Å². The van der Waals surface area contributed by atoms with E-state index in [2.05, 4.69) is 0 Å². The van der Waals surface area contributed by atoms with Crippen LogP contribution in [0, 0.1) is 0 Å². The second-order valence-electron chi connectivity index (χ2n) is 3.54. The molecule has 0 fully saturated rings. The summed E-state index contributed by atoms with van der Waals surface area (Å²) in [4.78, 5) is 43.8. The molecule has 19 heavy (non-hydrogen) atoms. The van der Waals surface area contributed by atoms with Crippen LogP contribution in [0.3, 0.4) is 0 Å². The Morgan fingerprint density at radius 1 is 0.842 bits per heavy atom. The van der Waals surface area contributed by atoms with Crippen molar-refractivity contribution in [1.29, 1.82) is 0 Å². The molecule has 0 bridgehead atoms. The number of carbonyl (C=O) groups is 4. The number of nitrogens with zero attached hydrogens (tertiary/aromatic N) is 1. The van der Waals surface area contributed by atoms with Crippen LogP contribution >= 0.6 is 0 Å². The van der Waals surface area contributed by atoms with Crippen LogP contribution in [0.15, 0.2) is 0 Å². The van der Waals surface area contributed by atoms with Gasteiger partial charge in [0.15, 0.2) is 0 Å². The van der Waals surface area contributed by atoms with Gasteiger partial charge in [0, 0.05) is 6.54 Å². The molecule has 0 aromatic rings. The van der Waals surface area contributed by atoms with Gasteiger partial charge in [-0.15, -0.1) is 0 Å². The van der Waals surface area contributed by atoms with E-state index in [0.717, 1.165) is 0 Å². The predicted octanol–water partition coefficient (Wildman–Crippen LogP) is -2.29. The van der Waals surface area contributed by atoms with Crippen molar-refractivity contribution in [3.05, 3.63) is 0 Å². The van der Waals surface area contributed by atoms with Gasteiger partial charge in [0.2, 0.25) is 12.1 Å². The fraction of sp³-hybridized carbons (Fsp3) is 0.556. The van der Waals surface area contributed by atoms with Crippen LogP contribution in [-0.2, 0) is 19.2 Å². The maximum absolute atomic E-state index is 10.9. The smallest absolute Gasteiger partial charge is 0.332 e. The number of carboxylic acid groups (broad SMARTS) is 4. The van der Waals surface area contributed by atoms with Crippen LogP contribution in [0.5, 0.6) is 0 Å². The summed E-state index contributed by atoms with van der Waals surface area (Å²) in [6.07, 6.45) is 0.0497. The van der Waals surface area contributed by atoms with E-state index in [-0.39, 0.29) is 19.5 Å². The first-order chi connectivity index (χ1) is 8.73. The molecular weight excluding hydrogens is 264 g/mol. The highest BCUT2D eigenvalue weighted by molar-refractivity contribution is 6.02. The molecule has 0 heterocycles. The standard InChI is InChI=1S/C9H14N2O8/c10-2-1-3-11(4(6(12)13)7(14)15)5(8(16)17)9(18)19/h4-5H,1-3,10H2,(H,12,13)(H,14,15)(H,16,17)(H,18,19). The Morgan fingerprint density at radius 2 is 1.16 bits per heavy atom. The molecule has 0 aliphatic carbocycles. The number of nitrogens with two attached hydrogens (primary N) is 1. The molecule has 0 saturated carbocycles. The third-order valence-corrected chi connectivity index (χ3v) is 2.22. The van der Waals surface area contributed by atoms with E-state index < -0.39 is 36.0 Å². The van der Waals surface area contributed by atoms with Crippen molar-refractivity contribution in [2.45, 2.75) is 18.5 Å². The molecule has 0 unspecified atom stereocenters. The molecule has 0 aliphatic heterocycles.